The molecule has 0 bridgehead atoms. The third-order valence-corrected chi connectivity index (χ3v) is 9.88. The molecule has 2 aromatic carbocycles. The Balaban J connectivity index is 1.36. The van der Waals surface area contributed by atoms with E-state index in [9.17, 15) is 60.3 Å². The summed E-state index contributed by atoms with van der Waals surface area (Å²) in [6, 6.07) is 9.99. The third-order valence-electron chi connectivity index (χ3n) is 9.88. The second-order valence-electron chi connectivity index (χ2n) is 13.7. The molecule has 9 N–H and O–H groups in total. The lowest BCUT2D eigenvalue weighted by Crippen LogP contribution is -2.60. The molecule has 2 aromatic rings. The van der Waals surface area contributed by atoms with Gasteiger partial charge in [-0.2, -0.15) is 0 Å². The first-order valence-electron chi connectivity index (χ1n) is 18.6. The zero-order valence-corrected chi connectivity index (χ0v) is 32.3. The topological polar surface area (TPSA) is 316 Å². The number of rotatable bonds is 16. The highest BCUT2D eigenvalue weighted by Gasteiger charge is 2.48. The van der Waals surface area contributed by atoms with E-state index < -0.39 is 118 Å². The maximum absolute atomic E-state index is 13.3. The number of hydrogen-bond acceptors (Lipinski definition) is 21. The summed E-state index contributed by atoms with van der Waals surface area (Å²) < 4.78 is 49.2. The molecule has 0 aromatic heterocycles. The maximum Gasteiger partial charge on any atom is 0.338 e. The number of ether oxygens (including phenoxy) is 9. The highest BCUT2D eigenvalue weighted by Crippen LogP contribution is 2.37. The number of aliphatic hydroxyl groups excluding tert-OH is 8. The summed E-state index contributed by atoms with van der Waals surface area (Å²) in [5, 5.41) is 90.6. The van der Waals surface area contributed by atoms with Gasteiger partial charge in [-0.05, 0) is 42.0 Å². The maximum atomic E-state index is 13.3. The molecule has 330 valence electrons. The van der Waals surface area contributed by atoms with Crippen molar-refractivity contribution in [1.82, 2.24) is 0 Å². The molecule has 3 aliphatic rings. The number of benzene rings is 2. The van der Waals surface area contributed by atoms with Gasteiger partial charge in [-0.15, -0.1) is 0 Å². The molecule has 3 heterocycles. The Kier molecular flexibility index (Phi) is 16.2. The minimum Gasteiger partial charge on any atom is -0.508 e. The second-order valence-corrected chi connectivity index (χ2v) is 13.7. The van der Waals surface area contributed by atoms with Crippen LogP contribution in [0.1, 0.15) is 22.3 Å². The Hall–Kier alpha value is -4.91. The number of phenolic OH excluding ortho intramolecular Hbond substituents is 1. The Morgan fingerprint density at radius 1 is 0.750 bits per heavy atom. The molecule has 60 heavy (non-hydrogen) atoms. The van der Waals surface area contributed by atoms with Crippen molar-refractivity contribution in [1.29, 1.82) is 0 Å². The molecule has 21 nitrogen and oxygen atoms in total. The van der Waals surface area contributed by atoms with Gasteiger partial charge in [0.2, 0.25) is 12.6 Å². The summed E-state index contributed by atoms with van der Waals surface area (Å²) >= 11 is 0. The zero-order valence-electron chi connectivity index (χ0n) is 32.3. The standard InChI is InChI=1S/C39H48O21/c1-52-25-13-19(5-8-24(25)57-38-33(48)31(46)29(44)26(15-40)58-38)35(50)55-12-10-21-22(14-28(43)54-11-9-18-3-6-20(42)7-4-18)23(36(51)53-2)17-56-37(21)60-39-34(49)32(47)30(45)27(16-41)59-39/h3-8,10,13,17,22,26-27,29-34,37-42,44-49H,9,11-12,14-16H2,1-2H3/b21-10-/t22?,26?,27-,29?,30-,31?,32+,33?,34-,37?,38?,39+/m1/s1. The van der Waals surface area contributed by atoms with E-state index in [-0.39, 0.29) is 47.0 Å². The number of carbonyl (C=O) groups is 3. The van der Waals surface area contributed by atoms with Crippen LogP contribution in [0.15, 0.2) is 65.9 Å². The first-order chi connectivity index (χ1) is 28.7. The molecule has 0 spiro atoms. The van der Waals surface area contributed by atoms with Crippen LogP contribution in [0.3, 0.4) is 0 Å². The highest BCUT2D eigenvalue weighted by atomic mass is 16.8. The van der Waals surface area contributed by atoms with E-state index in [0.717, 1.165) is 18.9 Å². The van der Waals surface area contributed by atoms with E-state index in [1.54, 1.807) is 12.1 Å². The number of aromatic hydroxyl groups is 1. The van der Waals surface area contributed by atoms with Gasteiger partial charge in [0.05, 0.1) is 57.9 Å². The fourth-order valence-electron chi connectivity index (χ4n) is 6.48. The molecule has 7 unspecified atom stereocenters. The van der Waals surface area contributed by atoms with Crippen molar-refractivity contribution < 1.29 is 103 Å². The van der Waals surface area contributed by atoms with Gasteiger partial charge in [0.25, 0.3) is 0 Å². The molecule has 2 fully saturated rings. The van der Waals surface area contributed by atoms with E-state index in [0.29, 0.717) is 0 Å². The van der Waals surface area contributed by atoms with Crippen molar-refractivity contribution in [2.24, 2.45) is 5.92 Å². The van der Waals surface area contributed by atoms with Gasteiger partial charge in [0.1, 0.15) is 61.2 Å². The van der Waals surface area contributed by atoms with Crippen LogP contribution in [0.5, 0.6) is 17.2 Å². The van der Waals surface area contributed by atoms with Crippen molar-refractivity contribution in [3.63, 3.8) is 0 Å². The van der Waals surface area contributed by atoms with Crippen LogP contribution in [-0.4, -0.2) is 172 Å². The van der Waals surface area contributed by atoms with Crippen LogP contribution in [0.25, 0.3) is 0 Å². The van der Waals surface area contributed by atoms with Gasteiger partial charge in [-0.1, -0.05) is 12.1 Å². The number of methoxy groups -OCH3 is 2. The minimum absolute atomic E-state index is 0.0287. The average Bonchev–Trinajstić information content (AvgIpc) is 3.25. The van der Waals surface area contributed by atoms with Gasteiger partial charge in [-0.25, -0.2) is 9.59 Å². The zero-order chi connectivity index (χ0) is 43.7. The smallest absolute Gasteiger partial charge is 0.338 e. The Morgan fingerprint density at radius 2 is 1.38 bits per heavy atom. The summed E-state index contributed by atoms with van der Waals surface area (Å²) in [5.74, 6) is -3.91. The summed E-state index contributed by atoms with van der Waals surface area (Å²) in [4.78, 5) is 39.5. The molecule has 0 saturated carbocycles. The molecule has 0 radical (unpaired) electrons. The van der Waals surface area contributed by atoms with Crippen LogP contribution in [0.2, 0.25) is 0 Å². The number of carbonyl (C=O) groups excluding carboxylic acids is 3. The summed E-state index contributed by atoms with van der Waals surface area (Å²) in [6.45, 7) is -2.10. The fraction of sp³-hybridized carbons (Fsp3) is 0.513. The van der Waals surface area contributed by atoms with Gasteiger partial charge < -0.3 is 88.6 Å². The van der Waals surface area contributed by atoms with E-state index >= 15 is 0 Å². The molecular formula is C39H48O21. The SMILES string of the molecule is COC(=O)C1=COC(O[C@@H]2O[C@H](CO)[C@@H](O)[C@H](O)[C@H]2O)/C(=C\COC(=O)c2ccc(OC3OC(CO)C(O)C(O)C3O)c(OC)c2)C1CC(=O)OCCc1ccc(O)cc1. The predicted octanol–water partition coefficient (Wildman–Crippen LogP) is -2.32. The number of esters is 3. The molecular weight excluding hydrogens is 804 g/mol. The number of aliphatic hydroxyl groups is 8. The van der Waals surface area contributed by atoms with E-state index in [2.05, 4.69) is 0 Å². The van der Waals surface area contributed by atoms with Crippen molar-refractivity contribution in [2.75, 3.05) is 40.6 Å². The van der Waals surface area contributed by atoms with Crippen LogP contribution in [0, 0.1) is 5.92 Å². The summed E-state index contributed by atoms with van der Waals surface area (Å²) in [7, 11) is 2.34. The fourth-order valence-corrected chi connectivity index (χ4v) is 6.48. The van der Waals surface area contributed by atoms with Crippen LogP contribution in [-0.2, 0) is 49.2 Å². The number of phenols is 1. The molecule has 21 heteroatoms. The van der Waals surface area contributed by atoms with Crippen molar-refractivity contribution in [3.8, 4) is 17.2 Å². The number of hydrogen-bond donors (Lipinski definition) is 9. The normalized spacial score (nSPS) is 31.0. The lowest BCUT2D eigenvalue weighted by atomic mass is 9.86. The van der Waals surface area contributed by atoms with E-state index in [1.807, 2.05) is 0 Å². The Morgan fingerprint density at radius 3 is 2.00 bits per heavy atom. The minimum atomic E-state index is -1.87. The Labute approximate surface area is 342 Å². The predicted molar refractivity (Wildman–Crippen MR) is 196 cm³/mol. The Bertz CT molecular complexity index is 1830. The van der Waals surface area contributed by atoms with Crippen molar-refractivity contribution in [3.05, 3.63) is 77.1 Å². The molecule has 2 saturated heterocycles. The van der Waals surface area contributed by atoms with Gasteiger partial charge in [-0.3, -0.25) is 4.79 Å². The van der Waals surface area contributed by atoms with Crippen molar-refractivity contribution >= 4 is 17.9 Å². The van der Waals surface area contributed by atoms with Crippen LogP contribution >= 0.6 is 0 Å². The lowest BCUT2D eigenvalue weighted by Gasteiger charge is -2.42. The summed E-state index contributed by atoms with van der Waals surface area (Å²) in [5.41, 5.74) is 0.466. The lowest BCUT2D eigenvalue weighted by molar-refractivity contribution is -0.327. The first kappa shape index (κ1) is 46.2. The largest absolute Gasteiger partial charge is 0.508 e. The molecule has 0 aliphatic carbocycles. The van der Waals surface area contributed by atoms with Gasteiger partial charge in [0.15, 0.2) is 17.8 Å². The average molecular weight is 853 g/mol. The third kappa shape index (κ3) is 10.9. The van der Waals surface area contributed by atoms with Crippen LogP contribution in [0.4, 0.5) is 0 Å². The van der Waals surface area contributed by atoms with Gasteiger partial charge >= 0.3 is 17.9 Å². The first-order valence-corrected chi connectivity index (χ1v) is 18.6. The molecule has 3 aliphatic heterocycles. The van der Waals surface area contributed by atoms with Crippen molar-refractivity contribution in [2.45, 2.75) is 80.5 Å². The highest BCUT2D eigenvalue weighted by molar-refractivity contribution is 5.91. The van der Waals surface area contributed by atoms with E-state index in [4.69, 9.17) is 42.6 Å². The monoisotopic (exact) mass is 852 g/mol. The molecule has 0 amide bonds. The quantitative estimate of drug-likeness (QED) is 0.0486. The molecule has 5 rings (SSSR count). The van der Waals surface area contributed by atoms with Crippen LogP contribution < -0.4 is 9.47 Å². The molecule has 12 atom stereocenters. The summed E-state index contributed by atoms with van der Waals surface area (Å²) in [6.07, 6.45) is -16.0. The van der Waals surface area contributed by atoms with E-state index in [1.165, 1.54) is 43.5 Å². The second kappa shape index (κ2) is 21.1. The van der Waals surface area contributed by atoms with Gasteiger partial charge in [0, 0.05) is 17.9 Å².